The van der Waals surface area contributed by atoms with Crippen molar-refractivity contribution < 1.29 is 19.1 Å². The molecule has 0 aliphatic rings. The minimum atomic E-state index is -0.711. The van der Waals surface area contributed by atoms with Crippen molar-refractivity contribution in [1.82, 2.24) is 0 Å². The molecule has 0 spiro atoms. The summed E-state index contributed by atoms with van der Waals surface area (Å²) in [4.78, 5) is 23.7. The van der Waals surface area contributed by atoms with E-state index in [0.29, 0.717) is 27.0 Å². The monoisotopic (exact) mass is 615 g/mol. The maximum atomic E-state index is 12.1. The molecule has 0 saturated heterocycles. The Balaban J connectivity index is 1.97. The average molecular weight is 619 g/mol. The molecule has 150 valence electrons. The van der Waals surface area contributed by atoms with Gasteiger partial charge in [-0.1, -0.05) is 95.3 Å². The van der Waals surface area contributed by atoms with E-state index in [0.717, 1.165) is 0 Å². The van der Waals surface area contributed by atoms with Gasteiger partial charge in [0.2, 0.25) is 0 Å². The second kappa shape index (κ2) is 10.8. The summed E-state index contributed by atoms with van der Waals surface area (Å²) < 4.78 is 9.21. The van der Waals surface area contributed by atoms with Crippen molar-refractivity contribution in [1.29, 1.82) is 0 Å². The van der Waals surface area contributed by atoms with Crippen LogP contribution in [0.3, 0.4) is 0 Å². The molecule has 0 aliphatic carbocycles. The summed E-state index contributed by atoms with van der Waals surface area (Å²) in [5, 5.41) is 4.04. The molecule has 0 fully saturated rings. The van der Waals surface area contributed by atoms with Gasteiger partial charge in [-0.05, 0) is 23.8 Å². The Labute approximate surface area is 197 Å². The van der Waals surface area contributed by atoms with Gasteiger partial charge in [0.05, 0.1) is 22.2 Å². The maximum Gasteiger partial charge on any atom is 0.344 e. The lowest BCUT2D eigenvalue weighted by Crippen LogP contribution is -2.22. The first-order chi connectivity index (χ1) is 13.2. The van der Waals surface area contributed by atoms with Crippen LogP contribution < -0.4 is 5.32 Å². The van der Waals surface area contributed by atoms with Crippen molar-refractivity contribution in [2.24, 2.45) is 0 Å². The summed E-state index contributed by atoms with van der Waals surface area (Å²) >= 11 is 22.0. The number of rotatable bonds is 7. The van der Waals surface area contributed by atoms with E-state index in [2.05, 4.69) is 53.1 Å². The topological polar surface area (TPSA) is 64.6 Å². The van der Waals surface area contributed by atoms with Crippen LogP contribution in [-0.4, -0.2) is 27.3 Å². The number of esters is 2. The highest BCUT2D eigenvalue weighted by atomic mass is 80.0. The van der Waals surface area contributed by atoms with Crippen LogP contribution in [0.5, 0.6) is 0 Å². The van der Waals surface area contributed by atoms with E-state index in [1.165, 1.54) is 0 Å². The number of para-hydroxylation sites is 2. The van der Waals surface area contributed by atoms with Gasteiger partial charge in [0, 0.05) is 5.69 Å². The van der Waals surface area contributed by atoms with Crippen molar-refractivity contribution in [3.8, 4) is 0 Å². The third-order valence-electron chi connectivity index (χ3n) is 3.32. The molecule has 0 amide bonds. The SMILES string of the molecule is O=C(COC(=O)Cc1ccccc1Nc1c(Cl)cccc1Cl)OCC(Br)(Br)Br. The minimum absolute atomic E-state index is 0.00866. The van der Waals surface area contributed by atoms with Gasteiger partial charge in [-0.15, -0.1) is 0 Å². The highest BCUT2D eigenvalue weighted by molar-refractivity contribution is 9.39. The van der Waals surface area contributed by atoms with E-state index in [1.807, 2.05) is 6.07 Å². The van der Waals surface area contributed by atoms with Crippen LogP contribution in [0, 0.1) is 0 Å². The molecule has 5 nitrogen and oxygen atoms in total. The quantitative estimate of drug-likeness (QED) is 0.296. The van der Waals surface area contributed by atoms with Gasteiger partial charge in [0.15, 0.2) is 8.75 Å². The van der Waals surface area contributed by atoms with E-state index in [1.54, 1.807) is 36.4 Å². The smallest absolute Gasteiger partial charge is 0.344 e. The third-order valence-corrected chi connectivity index (χ3v) is 4.64. The predicted molar refractivity (Wildman–Crippen MR) is 121 cm³/mol. The van der Waals surface area contributed by atoms with Crippen molar-refractivity contribution >= 4 is 94.3 Å². The molecule has 0 bridgehead atoms. The van der Waals surface area contributed by atoms with Gasteiger partial charge in [-0.2, -0.15) is 0 Å². The number of carbonyl (C=O) groups is 2. The van der Waals surface area contributed by atoms with Crippen LogP contribution >= 0.6 is 71.0 Å². The van der Waals surface area contributed by atoms with E-state index < -0.39 is 20.7 Å². The highest BCUT2D eigenvalue weighted by Crippen LogP contribution is 2.34. The minimum Gasteiger partial charge on any atom is -0.460 e. The standard InChI is InChI=1S/C18H14Br3Cl2NO4/c19-18(20,21)10-28-16(26)9-27-15(25)8-11-4-1-2-7-14(11)24-17-12(22)5-3-6-13(17)23/h1-7,24H,8-10H2. The molecule has 28 heavy (non-hydrogen) atoms. The molecule has 0 saturated carbocycles. The zero-order chi connectivity index (χ0) is 20.7. The highest BCUT2D eigenvalue weighted by Gasteiger charge is 2.21. The Hall–Kier alpha value is -0.800. The van der Waals surface area contributed by atoms with E-state index >= 15 is 0 Å². The molecule has 1 N–H and O–H groups in total. The van der Waals surface area contributed by atoms with Crippen molar-refractivity contribution in [2.75, 3.05) is 18.5 Å². The van der Waals surface area contributed by atoms with Gasteiger partial charge in [0.25, 0.3) is 0 Å². The van der Waals surface area contributed by atoms with E-state index in [-0.39, 0.29) is 13.0 Å². The summed E-state index contributed by atoms with van der Waals surface area (Å²) in [6.45, 7) is -0.470. The molecule has 0 aliphatic heterocycles. The third kappa shape index (κ3) is 7.91. The molecular formula is C18H14Br3Cl2NO4. The van der Waals surface area contributed by atoms with Crippen LogP contribution in [0.4, 0.5) is 11.4 Å². The molecule has 0 heterocycles. The number of alkyl halides is 3. The fraction of sp³-hybridized carbons (Fsp3) is 0.222. The van der Waals surface area contributed by atoms with Crippen LogP contribution in [0.2, 0.25) is 10.0 Å². The number of ether oxygens (including phenoxy) is 2. The molecule has 0 aromatic heterocycles. The summed E-state index contributed by atoms with van der Waals surface area (Å²) in [5.74, 6) is -1.23. The lowest BCUT2D eigenvalue weighted by molar-refractivity contribution is -0.158. The molecule has 0 radical (unpaired) electrons. The Bertz CT molecular complexity index is 839. The Morgan fingerprint density at radius 1 is 0.929 bits per heavy atom. The van der Waals surface area contributed by atoms with Gasteiger partial charge < -0.3 is 14.8 Å². The fourth-order valence-corrected chi connectivity index (χ4v) is 2.93. The Morgan fingerprint density at radius 2 is 1.57 bits per heavy atom. The van der Waals surface area contributed by atoms with E-state index in [4.69, 9.17) is 32.7 Å². The molecular weight excluding hydrogens is 605 g/mol. The lowest BCUT2D eigenvalue weighted by atomic mass is 10.1. The molecule has 0 unspecified atom stereocenters. The van der Waals surface area contributed by atoms with Gasteiger partial charge in [0.1, 0.15) is 6.61 Å². The lowest BCUT2D eigenvalue weighted by Gasteiger charge is -2.14. The first kappa shape index (κ1) is 23.5. The number of carbonyl (C=O) groups excluding carboxylic acids is 2. The number of halogens is 5. The van der Waals surface area contributed by atoms with Crippen LogP contribution in [0.15, 0.2) is 42.5 Å². The second-order valence-corrected chi connectivity index (χ2v) is 13.6. The molecule has 10 heteroatoms. The van der Waals surface area contributed by atoms with Crippen molar-refractivity contribution in [3.63, 3.8) is 0 Å². The number of hydrogen-bond donors (Lipinski definition) is 1. The molecule has 2 aromatic carbocycles. The normalized spacial score (nSPS) is 11.0. The first-order valence-corrected chi connectivity index (χ1v) is 11.0. The Kier molecular flexibility index (Phi) is 9.08. The Morgan fingerprint density at radius 3 is 2.21 bits per heavy atom. The summed E-state index contributed by atoms with van der Waals surface area (Å²) in [6.07, 6.45) is -0.0439. The van der Waals surface area contributed by atoms with Gasteiger partial charge in [-0.25, -0.2) is 4.79 Å². The summed E-state index contributed by atoms with van der Waals surface area (Å²) in [5.41, 5.74) is 1.86. The molecule has 2 aromatic rings. The van der Waals surface area contributed by atoms with Gasteiger partial charge >= 0.3 is 11.9 Å². The van der Waals surface area contributed by atoms with Crippen LogP contribution in [0.1, 0.15) is 5.56 Å². The fourth-order valence-electron chi connectivity index (χ4n) is 2.10. The van der Waals surface area contributed by atoms with E-state index in [9.17, 15) is 9.59 Å². The maximum absolute atomic E-state index is 12.1. The number of hydrogen-bond acceptors (Lipinski definition) is 5. The van der Waals surface area contributed by atoms with Gasteiger partial charge in [-0.3, -0.25) is 4.79 Å². The zero-order valence-corrected chi connectivity index (χ0v) is 20.5. The number of anilines is 2. The summed E-state index contributed by atoms with van der Waals surface area (Å²) in [6, 6.07) is 12.3. The zero-order valence-electron chi connectivity index (χ0n) is 14.2. The average Bonchev–Trinajstić information content (AvgIpc) is 2.62. The van der Waals surface area contributed by atoms with Crippen LogP contribution in [0.25, 0.3) is 0 Å². The van der Waals surface area contributed by atoms with Crippen molar-refractivity contribution in [2.45, 2.75) is 8.56 Å². The predicted octanol–water partition coefficient (Wildman–Crippen LogP) is 6.20. The molecule has 0 atom stereocenters. The van der Waals surface area contributed by atoms with Crippen LogP contribution in [-0.2, 0) is 25.5 Å². The second-order valence-electron chi connectivity index (χ2n) is 5.49. The first-order valence-electron chi connectivity index (χ1n) is 7.82. The van der Waals surface area contributed by atoms with Crippen molar-refractivity contribution in [3.05, 3.63) is 58.1 Å². The largest absolute Gasteiger partial charge is 0.460 e. The summed E-state index contributed by atoms with van der Waals surface area (Å²) in [7, 11) is 0. The number of nitrogens with one attached hydrogen (secondary N) is 1. The molecule has 2 rings (SSSR count). The number of benzene rings is 2.